The van der Waals surface area contributed by atoms with Gasteiger partial charge in [-0.1, -0.05) is 20.8 Å². The first-order valence-electron chi connectivity index (χ1n) is 4.72. The topological polar surface area (TPSA) is 12.9 Å². The number of hydrogen-bond acceptors (Lipinski definition) is 2. The van der Waals surface area contributed by atoms with E-state index < -0.39 is 0 Å². The molecule has 1 aromatic heterocycles. The van der Waals surface area contributed by atoms with Gasteiger partial charge < -0.3 is 0 Å². The Hall–Kier alpha value is -0.500. The fraction of sp³-hybridized carbons (Fsp3) is 0.545. The third kappa shape index (κ3) is 2.47. The Bertz CT molecular complexity index is 281. The molecule has 0 aliphatic carbocycles. The molecule has 13 heavy (non-hydrogen) atoms. The van der Waals surface area contributed by atoms with Crippen LogP contribution < -0.4 is 0 Å². The second-order valence-electron chi connectivity index (χ2n) is 3.39. The van der Waals surface area contributed by atoms with E-state index in [9.17, 15) is 0 Å². The lowest BCUT2D eigenvalue weighted by Gasteiger charge is -2.09. The van der Waals surface area contributed by atoms with Crippen LogP contribution in [-0.2, 0) is 6.42 Å². The van der Waals surface area contributed by atoms with Gasteiger partial charge in [-0.15, -0.1) is 11.8 Å². The van der Waals surface area contributed by atoms with E-state index in [1.165, 1.54) is 16.3 Å². The predicted molar refractivity (Wildman–Crippen MR) is 59.5 cm³/mol. The van der Waals surface area contributed by atoms with Crippen molar-refractivity contribution in [3.05, 3.63) is 23.5 Å². The standard InChI is InChI=1S/C11H17NS/c1-5-9-11(13-4)7-6-10(12-9)8(2)3/h6-8H,5H2,1-4H3. The van der Waals surface area contributed by atoms with Crippen LogP contribution in [0, 0.1) is 0 Å². The number of hydrogen-bond donors (Lipinski definition) is 0. The summed E-state index contributed by atoms with van der Waals surface area (Å²) in [5.74, 6) is 0.529. The van der Waals surface area contributed by atoms with Crippen LogP contribution in [-0.4, -0.2) is 11.2 Å². The Morgan fingerprint density at radius 3 is 2.54 bits per heavy atom. The lowest BCUT2D eigenvalue weighted by molar-refractivity contribution is 0.796. The van der Waals surface area contributed by atoms with Crippen LogP contribution in [0.2, 0.25) is 0 Å². The predicted octanol–water partition coefficient (Wildman–Crippen LogP) is 3.49. The zero-order valence-electron chi connectivity index (χ0n) is 8.79. The molecule has 0 bridgehead atoms. The highest BCUT2D eigenvalue weighted by molar-refractivity contribution is 7.98. The molecule has 0 radical (unpaired) electrons. The summed E-state index contributed by atoms with van der Waals surface area (Å²) in [7, 11) is 0. The summed E-state index contributed by atoms with van der Waals surface area (Å²) in [5.41, 5.74) is 2.44. The van der Waals surface area contributed by atoms with E-state index in [0.717, 1.165) is 6.42 Å². The molecule has 0 saturated heterocycles. The largest absolute Gasteiger partial charge is 0.256 e. The van der Waals surface area contributed by atoms with Crippen molar-refractivity contribution in [2.24, 2.45) is 0 Å². The van der Waals surface area contributed by atoms with E-state index in [1.54, 1.807) is 11.8 Å². The van der Waals surface area contributed by atoms with Crippen molar-refractivity contribution >= 4 is 11.8 Å². The molecule has 0 aliphatic heterocycles. The molecular formula is C11H17NS. The van der Waals surface area contributed by atoms with Crippen molar-refractivity contribution in [2.75, 3.05) is 6.26 Å². The Balaban J connectivity index is 3.05. The molecule has 1 aromatic rings. The van der Waals surface area contributed by atoms with Crippen molar-refractivity contribution in [1.82, 2.24) is 4.98 Å². The average Bonchev–Trinajstić information content (AvgIpc) is 2.16. The number of rotatable bonds is 3. The molecule has 0 saturated carbocycles. The number of aromatic nitrogens is 1. The highest BCUT2D eigenvalue weighted by Gasteiger charge is 2.05. The van der Waals surface area contributed by atoms with E-state index in [4.69, 9.17) is 0 Å². The highest BCUT2D eigenvalue weighted by atomic mass is 32.2. The average molecular weight is 195 g/mol. The van der Waals surface area contributed by atoms with Gasteiger partial charge in [0, 0.05) is 10.6 Å². The lowest BCUT2D eigenvalue weighted by Crippen LogP contribution is -1.98. The summed E-state index contributed by atoms with van der Waals surface area (Å²) < 4.78 is 0. The van der Waals surface area contributed by atoms with Crippen molar-refractivity contribution in [3.8, 4) is 0 Å². The Labute approximate surface area is 85.0 Å². The minimum absolute atomic E-state index is 0.529. The van der Waals surface area contributed by atoms with Crippen molar-refractivity contribution < 1.29 is 0 Å². The first-order valence-corrected chi connectivity index (χ1v) is 5.95. The monoisotopic (exact) mass is 195 g/mol. The van der Waals surface area contributed by atoms with Gasteiger partial charge in [0.05, 0.1) is 5.69 Å². The molecule has 0 aliphatic rings. The van der Waals surface area contributed by atoms with Gasteiger partial charge in [-0.2, -0.15) is 0 Å². The molecule has 0 amide bonds. The first kappa shape index (κ1) is 10.6. The molecule has 0 aromatic carbocycles. The minimum Gasteiger partial charge on any atom is -0.256 e. The zero-order valence-corrected chi connectivity index (χ0v) is 9.61. The van der Waals surface area contributed by atoms with Crippen LogP contribution in [0.3, 0.4) is 0 Å². The SMILES string of the molecule is CCc1nc(C(C)C)ccc1SC. The molecule has 1 rings (SSSR count). The van der Waals surface area contributed by atoms with Crippen LogP contribution in [0.1, 0.15) is 38.1 Å². The molecule has 0 spiro atoms. The van der Waals surface area contributed by atoms with Crippen LogP contribution in [0.15, 0.2) is 17.0 Å². The molecule has 0 atom stereocenters. The summed E-state index contributed by atoms with van der Waals surface area (Å²) in [4.78, 5) is 5.95. The van der Waals surface area contributed by atoms with Crippen LogP contribution >= 0.6 is 11.8 Å². The third-order valence-electron chi connectivity index (χ3n) is 2.10. The number of pyridine rings is 1. The van der Waals surface area contributed by atoms with Crippen molar-refractivity contribution in [2.45, 2.75) is 38.0 Å². The van der Waals surface area contributed by atoms with E-state index in [1.807, 2.05) is 0 Å². The normalized spacial score (nSPS) is 10.8. The molecule has 1 nitrogen and oxygen atoms in total. The van der Waals surface area contributed by atoms with Crippen molar-refractivity contribution in [1.29, 1.82) is 0 Å². The Kier molecular flexibility index (Phi) is 3.79. The van der Waals surface area contributed by atoms with Crippen LogP contribution in [0.25, 0.3) is 0 Å². The van der Waals surface area contributed by atoms with Gasteiger partial charge in [0.15, 0.2) is 0 Å². The molecule has 0 N–H and O–H groups in total. The maximum absolute atomic E-state index is 4.64. The fourth-order valence-corrected chi connectivity index (χ4v) is 1.90. The molecule has 1 heterocycles. The summed E-state index contributed by atoms with van der Waals surface area (Å²) in [6.07, 6.45) is 3.13. The summed E-state index contributed by atoms with van der Waals surface area (Å²) in [5, 5.41) is 0. The van der Waals surface area contributed by atoms with Gasteiger partial charge in [0.1, 0.15) is 0 Å². The summed E-state index contributed by atoms with van der Waals surface area (Å²) >= 11 is 1.78. The minimum atomic E-state index is 0.529. The van der Waals surface area contributed by atoms with Gasteiger partial charge in [-0.05, 0) is 30.7 Å². The lowest BCUT2D eigenvalue weighted by atomic mass is 10.1. The van der Waals surface area contributed by atoms with Crippen LogP contribution in [0.4, 0.5) is 0 Å². The number of thioether (sulfide) groups is 1. The van der Waals surface area contributed by atoms with Crippen LogP contribution in [0.5, 0.6) is 0 Å². The van der Waals surface area contributed by atoms with Gasteiger partial charge in [-0.25, -0.2) is 0 Å². The van der Waals surface area contributed by atoms with Gasteiger partial charge in [0.25, 0.3) is 0 Å². The molecule has 0 unspecified atom stereocenters. The second kappa shape index (κ2) is 4.66. The molecule has 0 fully saturated rings. The quantitative estimate of drug-likeness (QED) is 0.685. The van der Waals surface area contributed by atoms with E-state index in [2.05, 4.69) is 44.1 Å². The highest BCUT2D eigenvalue weighted by Crippen LogP contribution is 2.22. The van der Waals surface area contributed by atoms with Gasteiger partial charge in [-0.3, -0.25) is 4.98 Å². The summed E-state index contributed by atoms with van der Waals surface area (Å²) in [6, 6.07) is 4.32. The molecular weight excluding hydrogens is 178 g/mol. The van der Waals surface area contributed by atoms with E-state index >= 15 is 0 Å². The smallest absolute Gasteiger partial charge is 0.0539 e. The van der Waals surface area contributed by atoms with Gasteiger partial charge >= 0.3 is 0 Å². The molecule has 72 valence electrons. The zero-order chi connectivity index (χ0) is 9.84. The van der Waals surface area contributed by atoms with Gasteiger partial charge in [0.2, 0.25) is 0 Å². The molecule has 2 heteroatoms. The first-order chi connectivity index (χ1) is 6.19. The number of aryl methyl sites for hydroxylation is 1. The van der Waals surface area contributed by atoms with E-state index in [0.29, 0.717) is 5.92 Å². The maximum Gasteiger partial charge on any atom is 0.0539 e. The summed E-state index contributed by atoms with van der Waals surface area (Å²) in [6.45, 7) is 6.52. The van der Waals surface area contributed by atoms with E-state index in [-0.39, 0.29) is 0 Å². The third-order valence-corrected chi connectivity index (χ3v) is 2.91. The Morgan fingerprint density at radius 2 is 2.08 bits per heavy atom. The maximum atomic E-state index is 4.64. The fourth-order valence-electron chi connectivity index (χ4n) is 1.27. The van der Waals surface area contributed by atoms with Crippen molar-refractivity contribution in [3.63, 3.8) is 0 Å². The Morgan fingerprint density at radius 1 is 1.38 bits per heavy atom. The number of nitrogens with zero attached hydrogens (tertiary/aromatic N) is 1. The second-order valence-corrected chi connectivity index (χ2v) is 4.24.